The predicted octanol–water partition coefficient (Wildman–Crippen LogP) is 5.12. The smallest absolute Gasteiger partial charge is 0.227 e. The second kappa shape index (κ2) is 13.0. The van der Waals surface area contributed by atoms with Crippen LogP contribution < -0.4 is 4.74 Å². The van der Waals surface area contributed by atoms with Crippen molar-refractivity contribution in [3.05, 3.63) is 120 Å². The third kappa shape index (κ3) is 6.28. The molecule has 210 valence electrons. The second-order valence-electron chi connectivity index (χ2n) is 9.80. The van der Waals surface area contributed by atoms with E-state index in [1.54, 1.807) is 18.0 Å². The molecule has 1 saturated heterocycles. The van der Waals surface area contributed by atoms with Crippen molar-refractivity contribution in [3.8, 4) is 5.88 Å². The van der Waals surface area contributed by atoms with E-state index in [1.807, 2.05) is 91.0 Å². The monoisotopic (exact) mass is 552 g/mol. The first-order valence-electron chi connectivity index (χ1n) is 13.6. The minimum Gasteiger partial charge on any atom is -0.480 e. The summed E-state index contributed by atoms with van der Waals surface area (Å²) in [5, 5.41) is 5.33. The number of methoxy groups -OCH3 is 1. The Labute approximate surface area is 238 Å². The quantitative estimate of drug-likeness (QED) is 0.211. The van der Waals surface area contributed by atoms with E-state index in [0.717, 1.165) is 16.7 Å². The van der Waals surface area contributed by atoms with Gasteiger partial charge in [0.15, 0.2) is 11.9 Å². The molecule has 0 saturated carbocycles. The van der Waals surface area contributed by atoms with Crippen molar-refractivity contribution in [1.29, 1.82) is 0 Å². The van der Waals surface area contributed by atoms with Crippen LogP contribution in [0.3, 0.4) is 0 Å². The molecule has 2 aromatic heterocycles. The van der Waals surface area contributed by atoms with Gasteiger partial charge in [-0.3, -0.25) is 0 Å². The van der Waals surface area contributed by atoms with Gasteiger partial charge in [-0.25, -0.2) is 14.6 Å². The lowest BCUT2D eigenvalue weighted by molar-refractivity contribution is -0.0926. The average Bonchev–Trinajstić information content (AvgIpc) is 3.61. The molecule has 0 spiro atoms. The van der Waals surface area contributed by atoms with E-state index < -0.39 is 24.5 Å². The van der Waals surface area contributed by atoms with E-state index in [1.165, 1.54) is 6.33 Å². The lowest BCUT2D eigenvalue weighted by Gasteiger charge is -2.25. The molecular formula is C32H32N4O5. The maximum absolute atomic E-state index is 6.65. The van der Waals surface area contributed by atoms with E-state index in [-0.39, 0.29) is 0 Å². The molecular weight excluding hydrogens is 520 g/mol. The molecule has 0 N–H and O–H groups in total. The number of benzene rings is 3. The molecule has 4 atom stereocenters. The van der Waals surface area contributed by atoms with Gasteiger partial charge in [0.2, 0.25) is 5.88 Å². The highest BCUT2D eigenvalue weighted by molar-refractivity contribution is 5.79. The summed E-state index contributed by atoms with van der Waals surface area (Å²) in [7, 11) is 1.57. The van der Waals surface area contributed by atoms with Crippen molar-refractivity contribution >= 4 is 11.0 Å². The number of hydrogen-bond acceptors (Lipinski definition) is 8. The molecule has 6 rings (SSSR count). The van der Waals surface area contributed by atoms with E-state index in [0.29, 0.717) is 43.3 Å². The predicted molar refractivity (Wildman–Crippen MR) is 152 cm³/mol. The summed E-state index contributed by atoms with van der Waals surface area (Å²) in [5.74, 6) is 0.445. The summed E-state index contributed by atoms with van der Waals surface area (Å²) in [6.45, 7) is 1.55. The third-order valence-corrected chi connectivity index (χ3v) is 7.04. The summed E-state index contributed by atoms with van der Waals surface area (Å²) in [6.07, 6.45) is 1.15. The second-order valence-corrected chi connectivity index (χ2v) is 9.80. The average molecular weight is 553 g/mol. The number of ether oxygens (including phenoxy) is 5. The fraction of sp³-hybridized carbons (Fsp3) is 0.281. The molecule has 1 aliphatic rings. The highest BCUT2D eigenvalue weighted by Gasteiger charge is 2.48. The Morgan fingerprint density at radius 2 is 1.32 bits per heavy atom. The van der Waals surface area contributed by atoms with Gasteiger partial charge in [0.1, 0.15) is 30.0 Å². The van der Waals surface area contributed by atoms with Crippen molar-refractivity contribution in [2.75, 3.05) is 13.7 Å². The molecule has 0 bridgehead atoms. The van der Waals surface area contributed by atoms with Gasteiger partial charge >= 0.3 is 0 Å². The van der Waals surface area contributed by atoms with Crippen LogP contribution in [-0.4, -0.2) is 51.8 Å². The summed E-state index contributed by atoms with van der Waals surface area (Å²) >= 11 is 0. The lowest BCUT2D eigenvalue weighted by Crippen LogP contribution is -2.38. The van der Waals surface area contributed by atoms with Gasteiger partial charge in [-0.15, -0.1) is 0 Å². The van der Waals surface area contributed by atoms with Gasteiger partial charge in [-0.05, 0) is 16.7 Å². The van der Waals surface area contributed by atoms with Gasteiger partial charge in [0, 0.05) is 0 Å². The normalized spacial score (nSPS) is 20.4. The van der Waals surface area contributed by atoms with Crippen molar-refractivity contribution < 1.29 is 23.7 Å². The van der Waals surface area contributed by atoms with Gasteiger partial charge in [0.05, 0.1) is 39.7 Å². The van der Waals surface area contributed by atoms with E-state index >= 15 is 0 Å². The molecule has 9 heteroatoms. The zero-order valence-corrected chi connectivity index (χ0v) is 22.8. The van der Waals surface area contributed by atoms with Gasteiger partial charge < -0.3 is 23.7 Å². The summed E-state index contributed by atoms with van der Waals surface area (Å²) in [5.41, 5.74) is 3.78. The molecule has 0 unspecified atom stereocenters. The highest BCUT2D eigenvalue weighted by atomic mass is 16.6. The van der Waals surface area contributed by atoms with Crippen LogP contribution in [0, 0.1) is 0 Å². The third-order valence-electron chi connectivity index (χ3n) is 7.04. The number of fused-ring (bicyclic) bond motifs is 1. The van der Waals surface area contributed by atoms with Crippen LogP contribution in [0.15, 0.2) is 104 Å². The Balaban J connectivity index is 1.30. The van der Waals surface area contributed by atoms with E-state index in [9.17, 15) is 0 Å². The van der Waals surface area contributed by atoms with Crippen molar-refractivity contribution in [1.82, 2.24) is 19.7 Å². The standard InChI is InChI=1S/C32H32N4O5/c1-37-31-26-17-35-36(30(26)33-22-34-31)32-29(40-20-25-15-9-4-10-16-25)28(39-19-24-13-7-3-8-14-24)27(41-32)21-38-18-23-11-5-2-6-12-23/h2-17,22,27-29,32H,18-21H2,1H3/t27-,28-,29+,32+/m1/s1. The van der Waals surface area contributed by atoms with Gasteiger partial charge in [-0.1, -0.05) is 91.0 Å². The Kier molecular flexibility index (Phi) is 8.58. The number of hydrogen-bond donors (Lipinski definition) is 0. The Hall–Kier alpha value is -4.15. The number of nitrogens with zero attached hydrogens (tertiary/aromatic N) is 4. The summed E-state index contributed by atoms with van der Waals surface area (Å²) in [6, 6.07) is 30.2. The first-order valence-corrected chi connectivity index (χ1v) is 13.6. The summed E-state index contributed by atoms with van der Waals surface area (Å²) in [4.78, 5) is 8.71. The van der Waals surface area contributed by atoms with Crippen molar-refractivity contribution in [2.45, 2.75) is 44.4 Å². The minimum absolute atomic E-state index is 0.313. The zero-order valence-electron chi connectivity index (χ0n) is 22.8. The molecule has 1 fully saturated rings. The maximum Gasteiger partial charge on any atom is 0.227 e. The van der Waals surface area contributed by atoms with Crippen LogP contribution in [0.25, 0.3) is 11.0 Å². The number of aromatic nitrogens is 4. The SMILES string of the molecule is COc1ncnc2c1cnn2[C@H]1O[C@H](COCc2ccccc2)[C@@H](OCc2ccccc2)[C@@H]1OCc1ccccc1. The topological polar surface area (TPSA) is 89.8 Å². The van der Waals surface area contributed by atoms with Gasteiger partial charge in [0.25, 0.3) is 0 Å². The highest BCUT2D eigenvalue weighted by Crippen LogP contribution is 2.37. The van der Waals surface area contributed by atoms with Crippen LogP contribution in [0.2, 0.25) is 0 Å². The molecule has 3 aromatic carbocycles. The Morgan fingerprint density at radius 3 is 1.93 bits per heavy atom. The number of rotatable bonds is 12. The molecule has 3 heterocycles. The fourth-order valence-electron chi connectivity index (χ4n) is 5.01. The first-order chi connectivity index (χ1) is 20.3. The summed E-state index contributed by atoms with van der Waals surface area (Å²) < 4.78 is 33.1. The minimum atomic E-state index is -0.623. The van der Waals surface area contributed by atoms with E-state index in [2.05, 4.69) is 15.1 Å². The lowest BCUT2D eigenvalue weighted by atomic mass is 10.1. The Bertz CT molecular complexity index is 1520. The van der Waals surface area contributed by atoms with Crippen LogP contribution in [-0.2, 0) is 38.8 Å². The van der Waals surface area contributed by atoms with Crippen LogP contribution in [0.4, 0.5) is 0 Å². The van der Waals surface area contributed by atoms with Crippen LogP contribution >= 0.6 is 0 Å². The largest absolute Gasteiger partial charge is 0.480 e. The van der Waals surface area contributed by atoms with Crippen molar-refractivity contribution in [3.63, 3.8) is 0 Å². The molecule has 0 radical (unpaired) electrons. The molecule has 5 aromatic rings. The zero-order chi connectivity index (χ0) is 27.9. The van der Waals surface area contributed by atoms with Crippen LogP contribution in [0.5, 0.6) is 5.88 Å². The van der Waals surface area contributed by atoms with E-state index in [4.69, 9.17) is 23.7 Å². The molecule has 41 heavy (non-hydrogen) atoms. The molecule has 0 aliphatic carbocycles. The van der Waals surface area contributed by atoms with Crippen LogP contribution in [0.1, 0.15) is 22.9 Å². The molecule has 0 amide bonds. The maximum atomic E-state index is 6.65. The Morgan fingerprint density at radius 1 is 0.732 bits per heavy atom. The van der Waals surface area contributed by atoms with Crippen molar-refractivity contribution in [2.24, 2.45) is 0 Å². The first kappa shape index (κ1) is 27.0. The van der Waals surface area contributed by atoms with Gasteiger partial charge in [-0.2, -0.15) is 5.10 Å². The molecule has 9 nitrogen and oxygen atoms in total. The fourth-order valence-corrected chi connectivity index (χ4v) is 5.01. The molecule has 1 aliphatic heterocycles.